The van der Waals surface area contributed by atoms with Crippen LogP contribution in [0.2, 0.25) is 0 Å². The van der Waals surface area contributed by atoms with E-state index >= 15 is 0 Å². The summed E-state index contributed by atoms with van der Waals surface area (Å²) in [7, 11) is 4.66. The van der Waals surface area contributed by atoms with Crippen molar-refractivity contribution in [1.82, 2.24) is 0 Å². The summed E-state index contributed by atoms with van der Waals surface area (Å²) in [6.07, 6.45) is 0. The Morgan fingerprint density at radius 1 is 0.735 bits per heavy atom. The first-order valence-corrected chi connectivity index (χ1v) is 10.7. The molecule has 3 aromatic rings. The number of amides is 2. The topological polar surface area (TPSA) is 77.1 Å². The van der Waals surface area contributed by atoms with E-state index in [0.29, 0.717) is 39.8 Å². The highest BCUT2D eigenvalue weighted by Gasteiger charge is 2.41. The van der Waals surface area contributed by atoms with Crippen molar-refractivity contribution in [2.24, 2.45) is 0 Å². The van der Waals surface area contributed by atoms with Gasteiger partial charge in [0.1, 0.15) is 22.9 Å². The highest BCUT2D eigenvalue weighted by atomic mass is 16.5. The highest BCUT2D eigenvalue weighted by molar-refractivity contribution is 6.46. The number of hydrogen-bond acceptors (Lipinski definition) is 6. The number of carbonyl (C=O) groups is 2. The number of nitrogens with one attached hydrogen (secondary N) is 1. The van der Waals surface area contributed by atoms with Gasteiger partial charge in [-0.2, -0.15) is 0 Å². The second-order valence-electron chi connectivity index (χ2n) is 7.90. The number of methoxy groups -OCH3 is 3. The van der Waals surface area contributed by atoms with Gasteiger partial charge in [-0.15, -0.1) is 0 Å². The van der Waals surface area contributed by atoms with E-state index in [1.165, 1.54) is 12.0 Å². The molecule has 34 heavy (non-hydrogen) atoms. The molecule has 0 fully saturated rings. The summed E-state index contributed by atoms with van der Waals surface area (Å²) in [5.74, 6) is 0.851. The van der Waals surface area contributed by atoms with Gasteiger partial charge in [0, 0.05) is 6.07 Å². The average molecular weight is 459 g/mol. The summed E-state index contributed by atoms with van der Waals surface area (Å²) in [5, 5.41) is 3.17. The molecule has 4 rings (SSSR count). The summed E-state index contributed by atoms with van der Waals surface area (Å²) in [5.41, 5.74) is 4.07. The van der Waals surface area contributed by atoms with E-state index in [1.54, 1.807) is 56.7 Å². The molecule has 0 atom stereocenters. The van der Waals surface area contributed by atoms with Crippen LogP contribution in [0.4, 0.5) is 11.4 Å². The van der Waals surface area contributed by atoms with Crippen molar-refractivity contribution < 1.29 is 23.8 Å². The quantitative estimate of drug-likeness (QED) is 0.516. The number of hydrogen-bond donors (Lipinski definition) is 1. The number of anilines is 2. The molecule has 0 saturated heterocycles. The van der Waals surface area contributed by atoms with Crippen molar-refractivity contribution in [3.05, 3.63) is 83.1 Å². The molecule has 0 aromatic heterocycles. The van der Waals surface area contributed by atoms with Crippen LogP contribution in [0.15, 0.2) is 66.4 Å². The first kappa shape index (κ1) is 22.9. The van der Waals surface area contributed by atoms with Crippen LogP contribution >= 0.6 is 0 Å². The fraction of sp³-hybridized carbons (Fsp3) is 0.185. The van der Waals surface area contributed by atoms with Crippen molar-refractivity contribution in [3.8, 4) is 17.2 Å². The van der Waals surface area contributed by atoms with Gasteiger partial charge in [0.15, 0.2) is 0 Å². The van der Waals surface area contributed by atoms with Crippen LogP contribution in [0.5, 0.6) is 17.2 Å². The molecule has 0 radical (unpaired) electrons. The number of aryl methyl sites for hydroxylation is 2. The molecule has 0 spiro atoms. The smallest absolute Gasteiger partial charge is 0.282 e. The van der Waals surface area contributed by atoms with Gasteiger partial charge in [0.05, 0.1) is 38.3 Å². The van der Waals surface area contributed by atoms with Gasteiger partial charge in [0.25, 0.3) is 11.8 Å². The zero-order chi connectivity index (χ0) is 24.4. The first-order valence-electron chi connectivity index (χ1n) is 10.7. The molecular formula is C27H26N2O5. The van der Waals surface area contributed by atoms with Gasteiger partial charge < -0.3 is 19.5 Å². The standard InChI is InChI=1S/C27H26N2O5/c1-16-6-12-21(17(2)14-16)24-25(28-22-15-20(33-4)11-13-23(22)34-5)27(31)29(26(24)30)18-7-9-19(32-3)10-8-18/h6-15,28H,1-5H3. The third-order valence-electron chi connectivity index (χ3n) is 5.73. The second kappa shape index (κ2) is 9.31. The predicted molar refractivity (Wildman–Crippen MR) is 131 cm³/mol. The van der Waals surface area contributed by atoms with Crippen molar-refractivity contribution >= 4 is 28.8 Å². The molecule has 0 saturated carbocycles. The van der Waals surface area contributed by atoms with E-state index in [4.69, 9.17) is 14.2 Å². The maximum atomic E-state index is 13.7. The van der Waals surface area contributed by atoms with Gasteiger partial charge >= 0.3 is 0 Å². The van der Waals surface area contributed by atoms with E-state index in [0.717, 1.165) is 11.1 Å². The summed E-state index contributed by atoms with van der Waals surface area (Å²) in [6.45, 7) is 3.91. The van der Waals surface area contributed by atoms with E-state index in [9.17, 15) is 9.59 Å². The first-order chi connectivity index (χ1) is 16.4. The van der Waals surface area contributed by atoms with Crippen molar-refractivity contribution in [2.75, 3.05) is 31.5 Å². The fourth-order valence-electron chi connectivity index (χ4n) is 4.00. The molecule has 1 aliphatic heterocycles. The largest absolute Gasteiger partial charge is 0.497 e. The van der Waals surface area contributed by atoms with Crippen LogP contribution < -0.4 is 24.4 Å². The third-order valence-corrected chi connectivity index (χ3v) is 5.73. The Morgan fingerprint density at radius 2 is 1.41 bits per heavy atom. The Labute approximate surface area is 198 Å². The molecule has 1 heterocycles. The SMILES string of the molecule is COc1ccc(N2C(=O)C(Nc3cc(OC)ccc3OC)=C(c3ccc(C)cc3C)C2=O)cc1. The molecule has 3 aromatic carbocycles. The van der Waals surface area contributed by atoms with Crippen LogP contribution in [0.25, 0.3) is 5.57 Å². The third kappa shape index (κ3) is 4.08. The Bertz CT molecular complexity index is 1290. The Balaban J connectivity index is 1.86. The Morgan fingerprint density at radius 3 is 2.03 bits per heavy atom. The molecule has 0 aliphatic carbocycles. The molecule has 1 N–H and O–H groups in total. The van der Waals surface area contributed by atoms with Gasteiger partial charge in [-0.1, -0.05) is 23.8 Å². The van der Waals surface area contributed by atoms with E-state index in [1.807, 2.05) is 32.0 Å². The van der Waals surface area contributed by atoms with Crippen molar-refractivity contribution in [2.45, 2.75) is 13.8 Å². The van der Waals surface area contributed by atoms with E-state index in [-0.39, 0.29) is 5.70 Å². The molecule has 7 nitrogen and oxygen atoms in total. The minimum atomic E-state index is -0.463. The summed E-state index contributed by atoms with van der Waals surface area (Å²) >= 11 is 0. The van der Waals surface area contributed by atoms with Crippen LogP contribution in [-0.4, -0.2) is 33.1 Å². The molecular weight excluding hydrogens is 432 g/mol. The van der Waals surface area contributed by atoms with E-state index < -0.39 is 11.8 Å². The minimum Gasteiger partial charge on any atom is -0.497 e. The lowest BCUT2D eigenvalue weighted by Crippen LogP contribution is -2.32. The number of carbonyl (C=O) groups excluding carboxylic acids is 2. The minimum absolute atomic E-state index is 0.166. The molecule has 1 aliphatic rings. The zero-order valence-corrected chi connectivity index (χ0v) is 19.8. The predicted octanol–water partition coefficient (Wildman–Crippen LogP) is 4.73. The fourth-order valence-corrected chi connectivity index (χ4v) is 4.00. The molecule has 0 bridgehead atoms. The van der Waals surface area contributed by atoms with Crippen LogP contribution in [0.1, 0.15) is 16.7 Å². The number of nitrogens with zero attached hydrogens (tertiary/aromatic N) is 1. The lowest BCUT2D eigenvalue weighted by Gasteiger charge is -2.16. The lowest BCUT2D eigenvalue weighted by atomic mass is 9.97. The Hall–Kier alpha value is -4.26. The molecule has 174 valence electrons. The maximum absolute atomic E-state index is 13.7. The summed E-state index contributed by atoms with van der Waals surface area (Å²) < 4.78 is 16.0. The number of ether oxygens (including phenoxy) is 3. The lowest BCUT2D eigenvalue weighted by molar-refractivity contribution is -0.120. The van der Waals surface area contributed by atoms with Crippen molar-refractivity contribution in [1.29, 1.82) is 0 Å². The highest BCUT2D eigenvalue weighted by Crippen LogP contribution is 2.38. The normalized spacial score (nSPS) is 13.4. The number of imide groups is 1. The van der Waals surface area contributed by atoms with Gasteiger partial charge in [0.2, 0.25) is 0 Å². The van der Waals surface area contributed by atoms with Gasteiger partial charge in [-0.05, 0) is 61.4 Å². The van der Waals surface area contributed by atoms with Gasteiger partial charge in [-0.3, -0.25) is 9.59 Å². The zero-order valence-electron chi connectivity index (χ0n) is 19.8. The van der Waals surface area contributed by atoms with Crippen molar-refractivity contribution in [3.63, 3.8) is 0 Å². The Kier molecular flexibility index (Phi) is 6.27. The van der Waals surface area contributed by atoms with Crippen LogP contribution in [0, 0.1) is 13.8 Å². The number of rotatable bonds is 7. The van der Waals surface area contributed by atoms with Crippen LogP contribution in [0.3, 0.4) is 0 Å². The number of benzene rings is 3. The summed E-state index contributed by atoms with van der Waals surface area (Å²) in [4.78, 5) is 28.5. The average Bonchev–Trinajstić information content (AvgIpc) is 3.08. The van der Waals surface area contributed by atoms with Crippen LogP contribution in [-0.2, 0) is 9.59 Å². The van der Waals surface area contributed by atoms with Gasteiger partial charge in [-0.25, -0.2) is 4.90 Å². The van der Waals surface area contributed by atoms with E-state index in [2.05, 4.69) is 5.32 Å². The molecule has 2 amide bonds. The maximum Gasteiger partial charge on any atom is 0.282 e. The summed E-state index contributed by atoms with van der Waals surface area (Å²) in [6, 6.07) is 17.8. The molecule has 0 unspecified atom stereocenters. The molecule has 7 heteroatoms. The monoisotopic (exact) mass is 458 g/mol. The second-order valence-corrected chi connectivity index (χ2v) is 7.90.